The Kier molecular flexibility index (Phi) is 2.37. The summed E-state index contributed by atoms with van der Waals surface area (Å²) in [5.41, 5.74) is 0.742. The summed E-state index contributed by atoms with van der Waals surface area (Å²) in [6, 6.07) is 5.40. The monoisotopic (exact) mass is 234 g/mol. The lowest BCUT2D eigenvalue weighted by Crippen LogP contribution is -2.00. The Morgan fingerprint density at radius 2 is 2.18 bits per heavy atom. The number of hydrogen-bond donors (Lipinski definition) is 1. The van der Waals surface area contributed by atoms with E-state index < -0.39 is 0 Å². The number of tetrazole rings is 1. The van der Waals surface area contributed by atoms with Crippen LogP contribution < -0.4 is 9.47 Å². The zero-order chi connectivity index (χ0) is 11.7. The number of aromatic nitrogens is 4. The summed E-state index contributed by atoms with van der Waals surface area (Å²) in [6.45, 7) is 0.242. The van der Waals surface area contributed by atoms with Crippen LogP contribution in [0.15, 0.2) is 18.2 Å². The lowest BCUT2D eigenvalue weighted by molar-refractivity contribution is 0.174. The van der Waals surface area contributed by atoms with Gasteiger partial charge in [0, 0.05) is 12.5 Å². The lowest BCUT2D eigenvalue weighted by atomic mass is 10.3. The molecule has 7 nitrogen and oxygen atoms in total. The number of aliphatic hydroxyl groups excluding tert-OH is 1. The highest BCUT2D eigenvalue weighted by Crippen LogP contribution is 2.33. The van der Waals surface area contributed by atoms with Crippen molar-refractivity contribution in [2.24, 2.45) is 0 Å². The van der Waals surface area contributed by atoms with Gasteiger partial charge in [-0.15, -0.1) is 15.0 Å². The third-order valence-electron chi connectivity index (χ3n) is 2.38. The van der Waals surface area contributed by atoms with Gasteiger partial charge in [-0.2, -0.15) is 0 Å². The minimum absolute atomic E-state index is 0.00678. The smallest absolute Gasteiger partial charge is 0.231 e. The van der Waals surface area contributed by atoms with E-state index in [1.165, 1.54) is 4.80 Å². The number of fused-ring (bicyclic) bond motifs is 1. The van der Waals surface area contributed by atoms with Crippen molar-refractivity contribution in [3.63, 3.8) is 0 Å². The molecule has 3 rings (SSSR count). The fraction of sp³-hybridized carbons (Fsp3) is 0.300. The molecule has 0 spiro atoms. The van der Waals surface area contributed by atoms with E-state index in [1.54, 1.807) is 12.1 Å². The summed E-state index contributed by atoms with van der Waals surface area (Å²) in [6.07, 6.45) is 0.393. The molecule has 7 heteroatoms. The van der Waals surface area contributed by atoms with Crippen LogP contribution in [0.5, 0.6) is 11.5 Å². The molecule has 0 fully saturated rings. The predicted molar refractivity (Wildman–Crippen MR) is 56.1 cm³/mol. The van der Waals surface area contributed by atoms with Gasteiger partial charge in [-0.05, 0) is 17.3 Å². The van der Waals surface area contributed by atoms with Crippen molar-refractivity contribution in [1.82, 2.24) is 20.2 Å². The largest absolute Gasteiger partial charge is 0.454 e. The zero-order valence-corrected chi connectivity index (χ0v) is 8.91. The first kappa shape index (κ1) is 10.0. The van der Waals surface area contributed by atoms with E-state index >= 15 is 0 Å². The average Bonchev–Trinajstić information content (AvgIpc) is 2.96. The van der Waals surface area contributed by atoms with Gasteiger partial charge in [-0.1, -0.05) is 0 Å². The Balaban J connectivity index is 1.92. The normalized spacial score (nSPS) is 13.0. The predicted octanol–water partition coefficient (Wildman–Crippen LogP) is -0.0742. The van der Waals surface area contributed by atoms with Crippen LogP contribution in [0.4, 0.5) is 0 Å². The SMILES string of the molecule is OCCc1nnn(-c2ccc3c(c2)OCO3)n1. The molecule has 0 radical (unpaired) electrons. The quantitative estimate of drug-likeness (QED) is 0.800. The standard InChI is InChI=1S/C10H10N4O3/c15-4-3-10-11-13-14(12-10)7-1-2-8-9(5-7)17-6-16-8/h1-2,5,15H,3-4,6H2. The highest BCUT2D eigenvalue weighted by molar-refractivity contribution is 5.49. The summed E-state index contributed by atoms with van der Waals surface area (Å²) in [7, 11) is 0. The Morgan fingerprint density at radius 3 is 3.06 bits per heavy atom. The second-order valence-electron chi connectivity index (χ2n) is 3.51. The van der Waals surface area contributed by atoms with Gasteiger partial charge in [0.15, 0.2) is 17.3 Å². The highest BCUT2D eigenvalue weighted by Gasteiger charge is 2.14. The summed E-state index contributed by atoms with van der Waals surface area (Å²) in [4.78, 5) is 1.40. The van der Waals surface area contributed by atoms with Crippen LogP contribution in [0.3, 0.4) is 0 Å². The van der Waals surface area contributed by atoms with Crippen molar-refractivity contribution < 1.29 is 14.6 Å². The molecule has 0 bridgehead atoms. The summed E-state index contributed by atoms with van der Waals surface area (Å²) in [5.74, 6) is 1.89. The maximum atomic E-state index is 8.77. The summed E-state index contributed by atoms with van der Waals surface area (Å²) >= 11 is 0. The number of nitrogens with zero attached hydrogens (tertiary/aromatic N) is 4. The topological polar surface area (TPSA) is 82.3 Å². The van der Waals surface area contributed by atoms with Crippen LogP contribution in [0.2, 0.25) is 0 Å². The van der Waals surface area contributed by atoms with Gasteiger partial charge in [-0.3, -0.25) is 0 Å². The van der Waals surface area contributed by atoms with Crippen molar-refractivity contribution in [3.8, 4) is 17.2 Å². The third kappa shape index (κ3) is 1.80. The van der Waals surface area contributed by atoms with E-state index in [-0.39, 0.29) is 13.4 Å². The van der Waals surface area contributed by atoms with Crippen LogP contribution in [-0.4, -0.2) is 38.7 Å². The molecule has 1 aromatic heterocycles. The molecule has 0 atom stereocenters. The molecule has 0 amide bonds. The minimum Gasteiger partial charge on any atom is -0.454 e. The molecule has 17 heavy (non-hydrogen) atoms. The van der Waals surface area contributed by atoms with Crippen LogP contribution >= 0.6 is 0 Å². The van der Waals surface area contributed by atoms with Gasteiger partial charge in [-0.25, -0.2) is 0 Å². The second-order valence-corrected chi connectivity index (χ2v) is 3.51. The summed E-state index contributed by atoms with van der Waals surface area (Å²) < 4.78 is 10.5. The Labute approximate surface area is 96.6 Å². The number of benzene rings is 1. The van der Waals surface area contributed by atoms with E-state index in [0.717, 1.165) is 5.69 Å². The molecule has 1 aromatic carbocycles. The number of ether oxygens (including phenoxy) is 2. The lowest BCUT2D eigenvalue weighted by Gasteiger charge is -1.99. The van der Waals surface area contributed by atoms with Crippen molar-refractivity contribution >= 4 is 0 Å². The molecular weight excluding hydrogens is 224 g/mol. The first-order valence-electron chi connectivity index (χ1n) is 5.16. The fourth-order valence-corrected chi connectivity index (χ4v) is 1.56. The minimum atomic E-state index is 0.00678. The first-order chi connectivity index (χ1) is 8.36. The van der Waals surface area contributed by atoms with E-state index in [1.807, 2.05) is 6.07 Å². The molecule has 1 N–H and O–H groups in total. The number of aliphatic hydroxyl groups is 1. The van der Waals surface area contributed by atoms with E-state index in [0.29, 0.717) is 23.7 Å². The Hall–Kier alpha value is -2.15. The van der Waals surface area contributed by atoms with Gasteiger partial charge in [0.05, 0.1) is 12.3 Å². The second kappa shape index (κ2) is 4.02. The van der Waals surface area contributed by atoms with Gasteiger partial charge in [0.25, 0.3) is 0 Å². The van der Waals surface area contributed by atoms with Crippen molar-refractivity contribution in [2.45, 2.75) is 6.42 Å². The van der Waals surface area contributed by atoms with Crippen LogP contribution in [0.25, 0.3) is 5.69 Å². The molecule has 0 saturated carbocycles. The maximum absolute atomic E-state index is 8.77. The molecule has 2 aromatic rings. The molecule has 88 valence electrons. The summed E-state index contributed by atoms with van der Waals surface area (Å²) in [5, 5.41) is 20.6. The number of hydrogen-bond acceptors (Lipinski definition) is 6. The Morgan fingerprint density at radius 1 is 1.29 bits per heavy atom. The molecule has 0 aliphatic carbocycles. The fourth-order valence-electron chi connectivity index (χ4n) is 1.56. The maximum Gasteiger partial charge on any atom is 0.231 e. The van der Waals surface area contributed by atoms with Crippen LogP contribution in [-0.2, 0) is 6.42 Å². The Bertz CT molecular complexity index is 540. The molecule has 0 unspecified atom stereocenters. The van der Waals surface area contributed by atoms with Crippen molar-refractivity contribution in [1.29, 1.82) is 0 Å². The van der Waals surface area contributed by atoms with E-state index in [9.17, 15) is 0 Å². The van der Waals surface area contributed by atoms with Gasteiger partial charge >= 0.3 is 0 Å². The molecule has 2 heterocycles. The molecule has 1 aliphatic rings. The van der Waals surface area contributed by atoms with Crippen molar-refractivity contribution in [2.75, 3.05) is 13.4 Å². The molecule has 0 saturated heterocycles. The highest BCUT2D eigenvalue weighted by atomic mass is 16.7. The molecular formula is C10H10N4O3. The van der Waals surface area contributed by atoms with Crippen LogP contribution in [0, 0.1) is 0 Å². The van der Waals surface area contributed by atoms with E-state index in [2.05, 4.69) is 15.4 Å². The average molecular weight is 234 g/mol. The van der Waals surface area contributed by atoms with Gasteiger partial charge in [0.1, 0.15) is 0 Å². The zero-order valence-electron chi connectivity index (χ0n) is 8.91. The van der Waals surface area contributed by atoms with Gasteiger partial charge < -0.3 is 14.6 Å². The first-order valence-corrected chi connectivity index (χ1v) is 5.16. The van der Waals surface area contributed by atoms with E-state index in [4.69, 9.17) is 14.6 Å². The van der Waals surface area contributed by atoms with Crippen LogP contribution in [0.1, 0.15) is 5.82 Å². The van der Waals surface area contributed by atoms with Gasteiger partial charge in [0.2, 0.25) is 6.79 Å². The number of rotatable bonds is 3. The third-order valence-corrected chi connectivity index (χ3v) is 2.38. The van der Waals surface area contributed by atoms with Crippen molar-refractivity contribution in [3.05, 3.63) is 24.0 Å². The molecule has 1 aliphatic heterocycles.